The van der Waals surface area contributed by atoms with Gasteiger partial charge in [-0.1, -0.05) is 54.6 Å². The van der Waals surface area contributed by atoms with E-state index in [0.717, 1.165) is 60.1 Å². The molecule has 10 heteroatoms. The fourth-order valence-corrected chi connectivity index (χ4v) is 7.16. The van der Waals surface area contributed by atoms with Crippen molar-refractivity contribution < 1.29 is 9.47 Å². The van der Waals surface area contributed by atoms with Crippen LogP contribution in [0.3, 0.4) is 0 Å². The van der Waals surface area contributed by atoms with Crippen molar-refractivity contribution in [2.75, 3.05) is 6.54 Å². The second-order valence-corrected chi connectivity index (χ2v) is 12.3. The maximum absolute atomic E-state index is 9.07. The number of fused-ring (bicyclic) bond motifs is 6. The highest BCUT2D eigenvalue weighted by atomic mass is 32.1. The van der Waals surface area contributed by atoms with Crippen LogP contribution >= 0.6 is 22.7 Å². The molecule has 0 aliphatic carbocycles. The van der Waals surface area contributed by atoms with E-state index in [-0.39, 0.29) is 0 Å². The van der Waals surface area contributed by atoms with Crippen molar-refractivity contribution in [3.05, 3.63) is 131 Å². The van der Waals surface area contributed by atoms with Gasteiger partial charge in [-0.15, -0.1) is 27.8 Å². The third-order valence-electron chi connectivity index (χ3n) is 7.55. The number of nitrogens with zero attached hydrogens (tertiary/aromatic N) is 6. The lowest BCUT2D eigenvalue weighted by atomic mass is 10.1. The van der Waals surface area contributed by atoms with Crippen LogP contribution in [0, 0.1) is 11.3 Å². The Morgan fingerprint density at radius 2 is 1.19 bits per heavy atom. The van der Waals surface area contributed by atoms with Gasteiger partial charge in [0.15, 0.2) is 0 Å². The summed E-state index contributed by atoms with van der Waals surface area (Å²) in [4.78, 5) is 9.38. The summed E-state index contributed by atoms with van der Waals surface area (Å²) in [6.07, 6.45) is 0. The van der Waals surface area contributed by atoms with E-state index in [2.05, 4.69) is 50.1 Å². The van der Waals surface area contributed by atoms with Crippen LogP contribution in [-0.2, 0) is 0 Å². The predicted octanol–water partition coefficient (Wildman–Crippen LogP) is 10.5. The molecule has 9 rings (SSSR count). The summed E-state index contributed by atoms with van der Waals surface area (Å²) in [5.74, 6) is 2.72. The molecule has 0 amide bonds. The van der Waals surface area contributed by atoms with Crippen LogP contribution in [0.1, 0.15) is 11.1 Å². The topological polar surface area (TPSA) is 105 Å². The predicted molar refractivity (Wildman–Crippen MR) is 188 cm³/mol. The number of thiophene rings is 2. The number of hydrogen-bond donors (Lipinski definition) is 0. The lowest BCUT2D eigenvalue weighted by Gasteiger charge is -2.09. The van der Waals surface area contributed by atoms with E-state index in [1.54, 1.807) is 28.7 Å². The molecule has 0 atom stereocenters. The molecule has 0 bridgehead atoms. The molecule has 1 aliphatic rings. The highest BCUT2D eigenvalue weighted by Gasteiger charge is 2.15. The minimum absolute atomic E-state index is 0.514. The number of ether oxygens (including phenoxy) is 2. The fraction of sp³-hybridized carbons (Fsp3) is 0.0270. The van der Waals surface area contributed by atoms with Crippen molar-refractivity contribution >= 4 is 70.4 Å². The molecule has 5 heterocycles. The van der Waals surface area contributed by atoms with Gasteiger partial charge in [0.05, 0.1) is 39.2 Å². The van der Waals surface area contributed by atoms with Crippen LogP contribution in [0.25, 0.3) is 42.0 Å². The first-order valence-corrected chi connectivity index (χ1v) is 16.4. The van der Waals surface area contributed by atoms with Crippen molar-refractivity contribution in [1.29, 1.82) is 5.26 Å². The molecule has 0 N–H and O–H groups in total. The summed E-state index contributed by atoms with van der Waals surface area (Å²) in [6.45, 7) is 0.514. The third kappa shape index (κ3) is 5.66. The van der Waals surface area contributed by atoms with Crippen LogP contribution in [0.4, 0.5) is 0 Å². The maximum Gasteiger partial charge on any atom is 0.228 e. The zero-order chi connectivity index (χ0) is 31.6. The third-order valence-corrected chi connectivity index (χ3v) is 9.44. The Morgan fingerprint density at radius 3 is 1.74 bits per heavy atom. The number of rotatable bonds is 5. The minimum atomic E-state index is 0.514. The lowest BCUT2D eigenvalue weighted by molar-refractivity contribution is 0.471. The number of nitriles is 1. The van der Waals surface area contributed by atoms with Gasteiger partial charge in [0.25, 0.3) is 0 Å². The quantitative estimate of drug-likeness (QED) is 0.185. The maximum atomic E-state index is 9.07. The second-order valence-electron chi connectivity index (χ2n) is 10.5. The van der Waals surface area contributed by atoms with E-state index in [4.69, 9.17) is 19.7 Å². The van der Waals surface area contributed by atoms with E-state index in [0.29, 0.717) is 23.9 Å². The molecule has 0 fully saturated rings. The molecule has 47 heavy (non-hydrogen) atoms. The Hall–Kier alpha value is -6.02. The molecule has 0 spiro atoms. The molecular formula is C37H22N6O2S2. The first-order valence-electron chi connectivity index (χ1n) is 14.6. The van der Waals surface area contributed by atoms with Gasteiger partial charge in [-0.2, -0.15) is 10.4 Å². The van der Waals surface area contributed by atoms with Crippen molar-refractivity contribution in [2.45, 2.75) is 0 Å². The molecule has 8 nitrogen and oxygen atoms in total. The first-order chi connectivity index (χ1) is 23.2. The summed E-state index contributed by atoms with van der Waals surface area (Å²) >= 11 is 3.34. The highest BCUT2D eigenvalue weighted by molar-refractivity contribution is 7.18. The van der Waals surface area contributed by atoms with Gasteiger partial charge < -0.3 is 9.47 Å². The van der Waals surface area contributed by atoms with Gasteiger partial charge in [-0.25, -0.2) is 9.97 Å². The largest absolute Gasteiger partial charge is 0.438 e. The minimum Gasteiger partial charge on any atom is -0.438 e. The van der Waals surface area contributed by atoms with Gasteiger partial charge in [0.2, 0.25) is 11.8 Å². The molecule has 0 unspecified atom stereocenters. The van der Waals surface area contributed by atoms with Crippen LogP contribution in [0.5, 0.6) is 23.3 Å². The highest BCUT2D eigenvalue weighted by Crippen LogP contribution is 2.38. The molecule has 0 saturated heterocycles. The number of aromatic nitrogens is 2. The van der Waals surface area contributed by atoms with Crippen molar-refractivity contribution in [3.63, 3.8) is 0 Å². The van der Waals surface area contributed by atoms with Gasteiger partial charge in [-0.3, -0.25) is 0 Å². The van der Waals surface area contributed by atoms with Gasteiger partial charge in [0, 0.05) is 25.7 Å². The number of benzene rings is 4. The summed E-state index contributed by atoms with van der Waals surface area (Å²) in [5.41, 5.74) is 4.11. The Balaban J connectivity index is 0.000000139. The zero-order valence-corrected chi connectivity index (χ0v) is 26.2. The summed E-state index contributed by atoms with van der Waals surface area (Å²) < 4.78 is 14.3. The second kappa shape index (κ2) is 12.4. The van der Waals surface area contributed by atoms with Gasteiger partial charge in [-0.05, 0) is 70.6 Å². The molecule has 8 aromatic rings. The van der Waals surface area contributed by atoms with E-state index < -0.39 is 0 Å². The summed E-state index contributed by atoms with van der Waals surface area (Å²) in [6, 6.07) is 37.3. The number of hydrogen-bond acceptors (Lipinski definition) is 10. The average molecular weight is 647 g/mol. The molecule has 4 aromatic carbocycles. The van der Waals surface area contributed by atoms with Crippen LogP contribution in [0.15, 0.2) is 135 Å². The van der Waals surface area contributed by atoms with E-state index >= 15 is 0 Å². The Kier molecular flexibility index (Phi) is 7.51. The van der Waals surface area contributed by atoms with Crippen LogP contribution in [-0.4, -0.2) is 22.2 Å². The van der Waals surface area contributed by atoms with Gasteiger partial charge >= 0.3 is 0 Å². The van der Waals surface area contributed by atoms with E-state index in [1.165, 1.54) is 4.70 Å². The van der Waals surface area contributed by atoms with Crippen LogP contribution in [0.2, 0.25) is 0 Å². The Labute approximate surface area is 276 Å². The van der Waals surface area contributed by atoms with Crippen LogP contribution < -0.4 is 9.47 Å². The zero-order valence-electron chi connectivity index (χ0n) is 24.6. The van der Waals surface area contributed by atoms with E-state index in [9.17, 15) is 0 Å². The SMILES string of the molecule is N#Cc1ccc2c(c1)nc(Oc1ccccc1)c1ccsc12.c1ccc(Oc2nc3cc(C4=NN=NC4)ccc3c3sccc23)cc1. The lowest BCUT2D eigenvalue weighted by Crippen LogP contribution is -2.01. The first kappa shape index (κ1) is 28.5. The standard InChI is InChI=1S/C19H12N4OS.C18H10N2OS/c1-2-4-13(5-3-1)24-19-15-8-9-25-18(15)14-7-6-12(10-16(14)21-19)17-11-20-23-22-17;19-11-12-6-7-14-16(10-12)20-18(15-8-9-22-17(14)15)21-13-4-2-1-3-5-13/h1-10H,11H2;1-10H. The van der Waals surface area contributed by atoms with E-state index in [1.807, 2.05) is 90.3 Å². The molecule has 0 radical (unpaired) electrons. The number of pyridine rings is 2. The molecule has 0 saturated carbocycles. The summed E-state index contributed by atoms with van der Waals surface area (Å²) in [5, 5.41) is 29.0. The fourth-order valence-electron chi connectivity index (χ4n) is 5.31. The molecule has 4 aromatic heterocycles. The molecule has 1 aliphatic heterocycles. The average Bonchev–Trinajstić information content (AvgIpc) is 3.92. The Morgan fingerprint density at radius 1 is 0.617 bits per heavy atom. The summed E-state index contributed by atoms with van der Waals surface area (Å²) in [7, 11) is 0. The van der Waals surface area contributed by atoms with Crippen molar-refractivity contribution in [2.24, 2.45) is 15.4 Å². The normalized spacial score (nSPS) is 12.2. The molecule has 224 valence electrons. The van der Waals surface area contributed by atoms with Gasteiger partial charge in [0.1, 0.15) is 18.0 Å². The smallest absolute Gasteiger partial charge is 0.228 e. The van der Waals surface area contributed by atoms with Crippen molar-refractivity contribution in [3.8, 4) is 29.3 Å². The monoisotopic (exact) mass is 646 g/mol. The Bertz CT molecular complexity index is 2520. The molecular weight excluding hydrogens is 625 g/mol. The van der Waals surface area contributed by atoms with Crippen molar-refractivity contribution in [1.82, 2.24) is 9.97 Å². The number of para-hydroxylation sites is 2.